The van der Waals surface area contributed by atoms with Crippen molar-refractivity contribution in [3.8, 4) is 5.69 Å². The molecule has 7 nitrogen and oxygen atoms in total. The molecule has 7 heteroatoms. The first-order chi connectivity index (χ1) is 16.5. The zero-order valence-corrected chi connectivity index (χ0v) is 20.9. The highest BCUT2D eigenvalue weighted by molar-refractivity contribution is 6.16. The van der Waals surface area contributed by atoms with Gasteiger partial charge in [0.2, 0.25) is 5.91 Å². The van der Waals surface area contributed by atoms with Crippen LogP contribution in [0.4, 0.5) is 10.5 Å². The molecule has 1 fully saturated rings. The van der Waals surface area contributed by atoms with Crippen molar-refractivity contribution in [3.63, 3.8) is 0 Å². The van der Waals surface area contributed by atoms with Gasteiger partial charge in [0, 0.05) is 17.1 Å². The number of hydrogen-bond acceptors (Lipinski definition) is 3. The Morgan fingerprint density at radius 3 is 2.17 bits per heavy atom. The van der Waals surface area contributed by atoms with Gasteiger partial charge in [-0.05, 0) is 82.5 Å². The SMILES string of the molecule is Cc1ccc(NC(=O)CN2C(=O)N/C(=C/c3cc(C)n(-c4c(C)cc(C)cc4C)c3C)C2=O)cc1. The summed E-state index contributed by atoms with van der Waals surface area (Å²) in [4.78, 5) is 38.8. The molecule has 1 aliphatic rings. The number of aryl methyl sites for hydroxylation is 5. The maximum atomic E-state index is 13.0. The second-order valence-electron chi connectivity index (χ2n) is 9.20. The average molecular weight is 471 g/mol. The number of carbonyl (C=O) groups excluding carboxylic acids is 3. The summed E-state index contributed by atoms with van der Waals surface area (Å²) in [5.74, 6) is -0.969. The van der Waals surface area contributed by atoms with Crippen molar-refractivity contribution in [2.75, 3.05) is 11.9 Å². The van der Waals surface area contributed by atoms with Gasteiger partial charge in [-0.1, -0.05) is 35.4 Å². The molecule has 2 N–H and O–H groups in total. The van der Waals surface area contributed by atoms with Crippen molar-refractivity contribution >= 4 is 29.6 Å². The highest BCUT2D eigenvalue weighted by Crippen LogP contribution is 2.28. The number of hydrogen-bond donors (Lipinski definition) is 2. The normalized spacial score (nSPS) is 14.6. The quantitative estimate of drug-likeness (QED) is 0.413. The number of amides is 4. The monoisotopic (exact) mass is 470 g/mol. The molecule has 0 bridgehead atoms. The van der Waals surface area contributed by atoms with Crippen molar-refractivity contribution < 1.29 is 14.4 Å². The third-order valence-electron chi connectivity index (χ3n) is 6.23. The summed E-state index contributed by atoms with van der Waals surface area (Å²) in [7, 11) is 0. The molecule has 4 rings (SSSR count). The summed E-state index contributed by atoms with van der Waals surface area (Å²) in [6.07, 6.45) is 1.68. The molecule has 0 saturated carbocycles. The third kappa shape index (κ3) is 4.75. The number of anilines is 1. The molecule has 0 aliphatic carbocycles. The van der Waals surface area contributed by atoms with E-state index in [0.29, 0.717) is 5.69 Å². The van der Waals surface area contributed by atoms with Crippen LogP contribution in [-0.4, -0.2) is 33.9 Å². The van der Waals surface area contributed by atoms with Crippen LogP contribution in [-0.2, 0) is 9.59 Å². The van der Waals surface area contributed by atoms with Crippen LogP contribution < -0.4 is 10.6 Å². The Bertz CT molecular complexity index is 1360. The van der Waals surface area contributed by atoms with Crippen LogP contribution in [0.15, 0.2) is 48.2 Å². The molecule has 1 aromatic heterocycles. The molecule has 2 heterocycles. The fourth-order valence-corrected chi connectivity index (χ4v) is 4.65. The zero-order chi connectivity index (χ0) is 25.4. The number of urea groups is 1. The standard InChI is InChI=1S/C28H30N4O3/c1-16-7-9-23(10-8-16)29-25(33)15-31-27(34)24(30-28(31)35)14-22-13-20(5)32(21(22)6)26-18(3)11-17(2)12-19(26)4/h7-14H,15H2,1-6H3,(H,29,33)(H,30,35)/b24-14+. The van der Waals surface area contributed by atoms with Gasteiger partial charge in [0.05, 0.1) is 5.69 Å². The van der Waals surface area contributed by atoms with Crippen LogP contribution in [0.25, 0.3) is 11.8 Å². The Labute approximate surface area is 205 Å². The lowest BCUT2D eigenvalue weighted by atomic mass is 10.0. The van der Waals surface area contributed by atoms with E-state index in [9.17, 15) is 14.4 Å². The van der Waals surface area contributed by atoms with Gasteiger partial charge in [0.1, 0.15) is 12.2 Å². The van der Waals surface area contributed by atoms with Crippen molar-refractivity contribution in [1.29, 1.82) is 0 Å². The maximum absolute atomic E-state index is 13.0. The summed E-state index contributed by atoms with van der Waals surface area (Å²) >= 11 is 0. The molecule has 1 saturated heterocycles. The van der Waals surface area contributed by atoms with Crippen LogP contribution >= 0.6 is 0 Å². The van der Waals surface area contributed by atoms with Gasteiger partial charge in [-0.2, -0.15) is 0 Å². The molecule has 0 unspecified atom stereocenters. The summed E-state index contributed by atoms with van der Waals surface area (Å²) in [6, 6.07) is 13.0. The first-order valence-electron chi connectivity index (χ1n) is 11.5. The Morgan fingerprint density at radius 1 is 0.914 bits per heavy atom. The predicted molar refractivity (Wildman–Crippen MR) is 137 cm³/mol. The van der Waals surface area contributed by atoms with Crippen LogP contribution in [0.3, 0.4) is 0 Å². The van der Waals surface area contributed by atoms with Crippen LogP contribution in [0, 0.1) is 41.5 Å². The maximum Gasteiger partial charge on any atom is 0.329 e. The Morgan fingerprint density at radius 2 is 1.54 bits per heavy atom. The second kappa shape index (κ2) is 9.25. The fourth-order valence-electron chi connectivity index (χ4n) is 4.65. The highest BCUT2D eigenvalue weighted by Gasteiger charge is 2.35. The van der Waals surface area contributed by atoms with Crippen molar-refractivity contribution in [2.24, 2.45) is 0 Å². The molecule has 180 valence electrons. The molecular weight excluding hydrogens is 440 g/mol. The second-order valence-corrected chi connectivity index (χ2v) is 9.20. The Hall–Kier alpha value is -4.13. The summed E-state index contributed by atoms with van der Waals surface area (Å²) in [5.41, 5.74) is 9.30. The lowest BCUT2D eigenvalue weighted by Crippen LogP contribution is -2.38. The Balaban J connectivity index is 1.57. The number of nitrogens with one attached hydrogen (secondary N) is 2. The molecule has 0 spiro atoms. The van der Waals surface area contributed by atoms with E-state index in [0.717, 1.165) is 33.1 Å². The first-order valence-corrected chi connectivity index (χ1v) is 11.5. The van der Waals surface area contributed by atoms with Gasteiger partial charge in [-0.3, -0.25) is 9.59 Å². The van der Waals surface area contributed by atoms with E-state index in [1.54, 1.807) is 18.2 Å². The fraction of sp³-hybridized carbons (Fsp3) is 0.250. The van der Waals surface area contributed by atoms with E-state index in [2.05, 4.69) is 48.1 Å². The van der Waals surface area contributed by atoms with Crippen molar-refractivity contribution in [3.05, 3.63) is 87.4 Å². The van der Waals surface area contributed by atoms with Crippen LogP contribution in [0.2, 0.25) is 0 Å². The van der Waals surface area contributed by atoms with Gasteiger partial charge in [0.25, 0.3) is 5.91 Å². The number of benzene rings is 2. The summed E-state index contributed by atoms with van der Waals surface area (Å²) < 4.78 is 2.17. The topological polar surface area (TPSA) is 83.4 Å². The van der Waals surface area contributed by atoms with Crippen molar-refractivity contribution in [1.82, 2.24) is 14.8 Å². The summed E-state index contributed by atoms with van der Waals surface area (Å²) in [6.45, 7) is 11.9. The van der Waals surface area contributed by atoms with E-state index in [4.69, 9.17) is 0 Å². The van der Waals surface area contributed by atoms with E-state index in [1.807, 2.05) is 39.0 Å². The highest BCUT2D eigenvalue weighted by atomic mass is 16.2. The van der Waals surface area contributed by atoms with Gasteiger partial charge < -0.3 is 15.2 Å². The predicted octanol–water partition coefficient (Wildman–Crippen LogP) is 4.86. The molecule has 3 aromatic rings. The lowest BCUT2D eigenvalue weighted by Gasteiger charge is -2.17. The summed E-state index contributed by atoms with van der Waals surface area (Å²) in [5, 5.41) is 5.33. The molecule has 0 radical (unpaired) electrons. The molecule has 2 aromatic carbocycles. The first kappa shape index (κ1) is 24.0. The lowest BCUT2D eigenvalue weighted by molar-refractivity contribution is -0.127. The van der Waals surface area contributed by atoms with Crippen LogP contribution in [0.5, 0.6) is 0 Å². The minimum atomic E-state index is -0.612. The van der Waals surface area contributed by atoms with Gasteiger partial charge in [0.15, 0.2) is 0 Å². The minimum absolute atomic E-state index is 0.149. The minimum Gasteiger partial charge on any atom is -0.325 e. The number of rotatable bonds is 5. The number of aromatic nitrogens is 1. The van der Waals surface area contributed by atoms with Gasteiger partial charge >= 0.3 is 6.03 Å². The van der Waals surface area contributed by atoms with Crippen molar-refractivity contribution in [2.45, 2.75) is 41.5 Å². The number of carbonyl (C=O) groups is 3. The molecule has 35 heavy (non-hydrogen) atoms. The number of imide groups is 1. The smallest absolute Gasteiger partial charge is 0.325 e. The van der Waals surface area contributed by atoms with Gasteiger partial charge in [-0.15, -0.1) is 0 Å². The molecule has 0 atom stereocenters. The molecular formula is C28H30N4O3. The van der Waals surface area contributed by atoms with Gasteiger partial charge in [-0.25, -0.2) is 9.69 Å². The van der Waals surface area contributed by atoms with E-state index in [-0.39, 0.29) is 12.2 Å². The van der Waals surface area contributed by atoms with E-state index in [1.165, 1.54) is 16.7 Å². The van der Waals surface area contributed by atoms with Crippen LogP contribution in [0.1, 0.15) is 39.2 Å². The molecule has 4 amide bonds. The zero-order valence-electron chi connectivity index (χ0n) is 20.9. The number of nitrogens with zero attached hydrogens (tertiary/aromatic N) is 2. The third-order valence-corrected chi connectivity index (χ3v) is 6.23. The van der Waals surface area contributed by atoms with E-state index >= 15 is 0 Å². The average Bonchev–Trinajstić information content (AvgIpc) is 3.19. The van der Waals surface area contributed by atoms with E-state index < -0.39 is 17.8 Å². The largest absolute Gasteiger partial charge is 0.329 e. The molecule has 1 aliphatic heterocycles. The Kier molecular flexibility index (Phi) is 6.35.